The Morgan fingerprint density at radius 2 is 1.88 bits per heavy atom. The summed E-state index contributed by atoms with van der Waals surface area (Å²) in [7, 11) is 0. The zero-order chi connectivity index (χ0) is 24.0. The van der Waals surface area contributed by atoms with Gasteiger partial charge in [0, 0.05) is 19.9 Å². The molecule has 3 rings (SSSR count). The Morgan fingerprint density at radius 1 is 1.12 bits per heavy atom. The van der Waals surface area contributed by atoms with Crippen LogP contribution in [0, 0.1) is 0 Å². The molecule has 1 aliphatic heterocycles. The fourth-order valence-corrected chi connectivity index (χ4v) is 3.02. The van der Waals surface area contributed by atoms with Gasteiger partial charge >= 0.3 is 12.1 Å². The summed E-state index contributed by atoms with van der Waals surface area (Å²) in [5, 5.41) is 7.77. The zero-order valence-electron chi connectivity index (χ0n) is 17.4. The van der Waals surface area contributed by atoms with Gasteiger partial charge < -0.3 is 14.4 Å². The third-order valence-electron chi connectivity index (χ3n) is 4.56. The van der Waals surface area contributed by atoms with Crippen LogP contribution in [0.25, 0.3) is 0 Å². The molecule has 2 amide bonds. The third kappa shape index (κ3) is 6.54. The van der Waals surface area contributed by atoms with Crippen LogP contribution in [-0.4, -0.2) is 53.8 Å². The van der Waals surface area contributed by atoms with E-state index in [1.54, 1.807) is 4.90 Å². The lowest BCUT2D eigenvalue weighted by atomic mass is 10.2. The number of hydrogen-bond donors (Lipinski definition) is 2. The number of alkyl halides is 3. The molecule has 1 aromatic carbocycles. The number of esters is 1. The van der Waals surface area contributed by atoms with Gasteiger partial charge in [0.05, 0.1) is 12.1 Å². The number of benzene rings is 1. The van der Waals surface area contributed by atoms with Gasteiger partial charge in [-0.3, -0.25) is 25.2 Å². The van der Waals surface area contributed by atoms with E-state index in [9.17, 15) is 27.6 Å². The number of nitrogens with zero attached hydrogens (tertiary/aromatic N) is 3. The number of hydrogen-bond acceptors (Lipinski definition) is 8. The van der Waals surface area contributed by atoms with Crippen molar-refractivity contribution in [2.75, 3.05) is 24.6 Å². The molecule has 0 bridgehead atoms. The smallest absolute Gasteiger partial charge is 0.419 e. The fraction of sp³-hybridized carbons (Fsp3) is 0.350. The normalized spacial score (nSPS) is 15.6. The number of ether oxygens (including phenoxy) is 2. The topological polar surface area (TPSA) is 123 Å². The van der Waals surface area contributed by atoms with Crippen LogP contribution in [0.3, 0.4) is 0 Å². The molecule has 0 spiro atoms. The second-order valence-electron chi connectivity index (χ2n) is 7.03. The summed E-state index contributed by atoms with van der Waals surface area (Å²) in [5.41, 5.74) is 3.24. The lowest BCUT2D eigenvalue weighted by Gasteiger charge is -2.19. The van der Waals surface area contributed by atoms with Gasteiger partial charge in [0.2, 0.25) is 0 Å². The van der Waals surface area contributed by atoms with Crippen molar-refractivity contribution < 1.29 is 37.0 Å². The van der Waals surface area contributed by atoms with Gasteiger partial charge in [-0.05, 0) is 24.3 Å². The summed E-state index contributed by atoms with van der Waals surface area (Å²) in [5.74, 6) is -1.93. The first kappa shape index (κ1) is 23.8. The average molecular weight is 467 g/mol. The predicted octanol–water partition coefficient (Wildman–Crippen LogP) is 1.48. The Hall–Kier alpha value is -3.90. The van der Waals surface area contributed by atoms with E-state index in [4.69, 9.17) is 4.74 Å². The molecule has 0 radical (unpaired) electrons. The van der Waals surface area contributed by atoms with Crippen LogP contribution < -0.4 is 20.5 Å². The van der Waals surface area contributed by atoms with Crippen molar-refractivity contribution in [3.8, 4) is 5.75 Å². The number of halogens is 3. The zero-order valence-corrected chi connectivity index (χ0v) is 17.4. The first-order chi connectivity index (χ1) is 15.6. The van der Waals surface area contributed by atoms with Crippen molar-refractivity contribution in [2.45, 2.75) is 25.6 Å². The Morgan fingerprint density at radius 3 is 2.55 bits per heavy atom. The minimum absolute atomic E-state index is 0.0855. The highest BCUT2D eigenvalue weighted by Crippen LogP contribution is 2.37. The molecule has 1 saturated heterocycles. The number of anilines is 1. The summed E-state index contributed by atoms with van der Waals surface area (Å²) in [6.07, 6.45) is -4.52. The van der Waals surface area contributed by atoms with Crippen LogP contribution in [0.2, 0.25) is 0 Å². The van der Waals surface area contributed by atoms with Crippen LogP contribution >= 0.6 is 0 Å². The van der Waals surface area contributed by atoms with Crippen LogP contribution in [0.1, 0.15) is 29.4 Å². The first-order valence-electron chi connectivity index (χ1n) is 9.77. The number of hydrazine groups is 1. The maximum atomic E-state index is 13.2. The van der Waals surface area contributed by atoms with Crippen molar-refractivity contribution in [2.24, 2.45) is 0 Å². The summed E-state index contributed by atoms with van der Waals surface area (Å²) in [6, 6.07) is 7.93. The molecule has 2 aromatic rings. The van der Waals surface area contributed by atoms with Crippen LogP contribution in [0.5, 0.6) is 5.75 Å². The molecule has 0 saturated carbocycles. The minimum atomic E-state index is -4.52. The number of nitrogens with one attached hydrogen (secondary N) is 2. The van der Waals surface area contributed by atoms with Crippen molar-refractivity contribution in [1.82, 2.24) is 21.0 Å². The highest BCUT2D eigenvalue weighted by Gasteiger charge is 2.35. The van der Waals surface area contributed by atoms with Gasteiger partial charge in [0.25, 0.3) is 11.8 Å². The molecule has 0 aliphatic carbocycles. The van der Waals surface area contributed by atoms with Crippen LogP contribution in [-0.2, 0) is 20.5 Å². The lowest BCUT2D eigenvalue weighted by Crippen LogP contribution is -2.43. The number of rotatable bonds is 6. The predicted molar refractivity (Wildman–Crippen MR) is 107 cm³/mol. The van der Waals surface area contributed by atoms with E-state index in [0.29, 0.717) is 25.3 Å². The molecular formula is C20H20F3N5O5. The van der Waals surface area contributed by atoms with E-state index in [1.807, 2.05) is 0 Å². The third-order valence-corrected chi connectivity index (χ3v) is 4.56. The molecule has 1 atom stereocenters. The summed E-state index contributed by atoms with van der Waals surface area (Å²) in [6.45, 7) is 1.36. The van der Waals surface area contributed by atoms with Gasteiger partial charge in [0.15, 0.2) is 18.1 Å². The maximum absolute atomic E-state index is 13.2. The Balaban J connectivity index is 1.53. The van der Waals surface area contributed by atoms with Gasteiger partial charge in [-0.15, -0.1) is 10.2 Å². The Kier molecular flexibility index (Phi) is 7.30. The van der Waals surface area contributed by atoms with E-state index in [2.05, 4.69) is 25.8 Å². The summed E-state index contributed by atoms with van der Waals surface area (Å²) < 4.78 is 49.5. The largest absolute Gasteiger partial charge is 0.488 e. The minimum Gasteiger partial charge on any atom is -0.488 e. The van der Waals surface area contributed by atoms with Crippen molar-refractivity contribution >= 4 is 23.6 Å². The average Bonchev–Trinajstić information content (AvgIpc) is 3.24. The number of carbonyl (C=O) groups is 3. The number of aromatic nitrogens is 2. The lowest BCUT2D eigenvalue weighted by molar-refractivity contribution is -0.146. The molecule has 13 heteroatoms. The molecule has 33 heavy (non-hydrogen) atoms. The molecule has 1 unspecified atom stereocenters. The van der Waals surface area contributed by atoms with E-state index < -0.39 is 42.2 Å². The standard InChI is InChI=1S/C20H20F3N5O5/c1-12(29)32-11-18(30)26-27-19(31)15-6-7-17(25-24-15)28-9-8-13(10-28)33-16-5-3-2-4-14(16)20(21,22)23/h2-7,13H,8-11H2,1H3,(H,26,30)(H,27,31). The first-order valence-corrected chi connectivity index (χ1v) is 9.77. The highest BCUT2D eigenvalue weighted by molar-refractivity contribution is 5.93. The summed E-state index contributed by atoms with van der Waals surface area (Å²) >= 11 is 0. The number of para-hydroxylation sites is 1. The molecular weight excluding hydrogens is 447 g/mol. The molecule has 2 N–H and O–H groups in total. The molecule has 176 valence electrons. The van der Waals surface area contributed by atoms with E-state index in [0.717, 1.165) is 13.0 Å². The van der Waals surface area contributed by atoms with Gasteiger partial charge in [0.1, 0.15) is 11.9 Å². The van der Waals surface area contributed by atoms with Crippen LogP contribution in [0.4, 0.5) is 19.0 Å². The Bertz CT molecular complexity index is 1020. The Labute approximate surface area is 186 Å². The van der Waals surface area contributed by atoms with Gasteiger partial charge in [-0.1, -0.05) is 12.1 Å². The van der Waals surface area contributed by atoms with Gasteiger partial charge in [-0.2, -0.15) is 13.2 Å². The van der Waals surface area contributed by atoms with E-state index in [1.165, 1.54) is 30.3 Å². The second kappa shape index (κ2) is 10.1. The highest BCUT2D eigenvalue weighted by atomic mass is 19.4. The van der Waals surface area contributed by atoms with Crippen molar-refractivity contribution in [3.63, 3.8) is 0 Å². The molecule has 2 heterocycles. The van der Waals surface area contributed by atoms with Gasteiger partial charge in [-0.25, -0.2) is 0 Å². The molecule has 10 nitrogen and oxygen atoms in total. The fourth-order valence-electron chi connectivity index (χ4n) is 3.02. The second-order valence-corrected chi connectivity index (χ2v) is 7.03. The van der Waals surface area contributed by atoms with Crippen LogP contribution in [0.15, 0.2) is 36.4 Å². The molecule has 1 aliphatic rings. The SMILES string of the molecule is CC(=O)OCC(=O)NNC(=O)c1ccc(N2CCC(Oc3ccccc3C(F)(F)F)C2)nn1. The van der Waals surface area contributed by atoms with E-state index in [-0.39, 0.29) is 11.4 Å². The quantitative estimate of drug-likeness (QED) is 0.484. The van der Waals surface area contributed by atoms with Crippen molar-refractivity contribution in [3.05, 3.63) is 47.7 Å². The summed E-state index contributed by atoms with van der Waals surface area (Å²) in [4.78, 5) is 35.9. The van der Waals surface area contributed by atoms with Crippen molar-refractivity contribution in [1.29, 1.82) is 0 Å². The van der Waals surface area contributed by atoms with E-state index >= 15 is 0 Å². The molecule has 1 aromatic heterocycles. The number of carbonyl (C=O) groups excluding carboxylic acids is 3. The molecule has 1 fully saturated rings. The maximum Gasteiger partial charge on any atom is 0.419 e. The number of amides is 2. The monoisotopic (exact) mass is 467 g/mol.